The zero-order chi connectivity index (χ0) is 28.9. The summed E-state index contributed by atoms with van der Waals surface area (Å²) in [6.07, 6.45) is 0.511. The number of hydrogen-bond donors (Lipinski definition) is 2. The van der Waals surface area contributed by atoms with Gasteiger partial charge in [-0.15, -0.1) is 0 Å². The number of amides is 1. The first-order valence-electron chi connectivity index (χ1n) is 13.3. The van der Waals surface area contributed by atoms with Crippen molar-refractivity contribution in [1.29, 1.82) is 0 Å². The van der Waals surface area contributed by atoms with E-state index in [1.165, 1.54) is 18.2 Å². The van der Waals surface area contributed by atoms with Gasteiger partial charge in [0.25, 0.3) is 0 Å². The zero-order valence-corrected chi connectivity index (χ0v) is 25.2. The summed E-state index contributed by atoms with van der Waals surface area (Å²) in [5.74, 6) is 1.06. The van der Waals surface area contributed by atoms with Crippen LogP contribution in [0.25, 0.3) is 0 Å². The van der Waals surface area contributed by atoms with E-state index < -0.39 is 16.1 Å². The summed E-state index contributed by atoms with van der Waals surface area (Å²) in [6.45, 7) is 6.66. The van der Waals surface area contributed by atoms with Crippen LogP contribution in [0.2, 0.25) is 10.0 Å². The van der Waals surface area contributed by atoms with Gasteiger partial charge in [-0.2, -0.15) is 0 Å². The van der Waals surface area contributed by atoms with Gasteiger partial charge < -0.3 is 15.0 Å². The first-order valence-corrected chi connectivity index (χ1v) is 15.5. The molecule has 214 valence electrons. The number of rotatable bonds is 11. The number of nitrogens with zero attached hydrogens (tertiary/aromatic N) is 1. The Kier molecular flexibility index (Phi) is 10.1. The van der Waals surface area contributed by atoms with Crippen molar-refractivity contribution in [2.45, 2.75) is 50.2 Å². The van der Waals surface area contributed by atoms with Crippen LogP contribution in [-0.4, -0.2) is 39.4 Å². The quantitative estimate of drug-likeness (QED) is 0.275. The molecule has 40 heavy (non-hydrogen) atoms. The number of carbonyl (C=O) groups is 1. The Morgan fingerprint density at radius 3 is 2.55 bits per heavy atom. The van der Waals surface area contributed by atoms with Gasteiger partial charge in [0.1, 0.15) is 10.6 Å². The molecule has 0 fully saturated rings. The minimum absolute atomic E-state index is 0.0433. The Balaban J connectivity index is 1.50. The molecule has 1 aliphatic rings. The number of ether oxygens (including phenoxy) is 1. The molecule has 2 unspecified atom stereocenters. The van der Waals surface area contributed by atoms with Crippen molar-refractivity contribution < 1.29 is 17.9 Å². The Labute approximate surface area is 246 Å². The SMILES string of the molecule is CC(C)CN(C)Cc1ccc2c(c1)OCCC2NC(=O)CC(NS(=O)(=O)c1cc(Cl)ccc1Cl)c1ccccc1. The standard InChI is InChI=1S/C30H35Cl2N3O4S/c1-20(2)18-35(3)19-21-9-11-24-26(13-14-39-28(24)15-21)33-30(36)17-27(22-7-5-4-6-8-22)34-40(37,38)29-16-23(31)10-12-25(29)32/h4-12,15-16,20,26-27,34H,13-14,17-19H2,1-3H3,(H,33,36). The summed E-state index contributed by atoms with van der Waals surface area (Å²) in [4.78, 5) is 15.5. The largest absolute Gasteiger partial charge is 0.493 e. The van der Waals surface area contributed by atoms with E-state index in [1.807, 2.05) is 18.2 Å². The molecule has 2 N–H and O–H groups in total. The maximum Gasteiger partial charge on any atom is 0.242 e. The monoisotopic (exact) mass is 603 g/mol. The van der Waals surface area contributed by atoms with E-state index >= 15 is 0 Å². The molecule has 0 aliphatic carbocycles. The second-order valence-corrected chi connectivity index (χ2v) is 13.1. The lowest BCUT2D eigenvalue weighted by Crippen LogP contribution is -2.36. The van der Waals surface area contributed by atoms with Gasteiger partial charge in [0, 0.05) is 36.5 Å². The first-order chi connectivity index (χ1) is 19.0. The molecule has 1 aliphatic heterocycles. The highest BCUT2D eigenvalue weighted by Crippen LogP contribution is 2.34. The van der Waals surface area contributed by atoms with Gasteiger partial charge in [0.15, 0.2) is 0 Å². The normalized spacial score (nSPS) is 15.9. The highest BCUT2D eigenvalue weighted by atomic mass is 35.5. The van der Waals surface area contributed by atoms with Crippen molar-refractivity contribution in [3.05, 3.63) is 93.5 Å². The molecule has 1 amide bonds. The van der Waals surface area contributed by atoms with E-state index in [1.54, 1.807) is 24.3 Å². The summed E-state index contributed by atoms with van der Waals surface area (Å²) in [5.41, 5.74) is 2.71. The molecule has 3 aromatic carbocycles. The number of fused-ring (bicyclic) bond motifs is 1. The van der Waals surface area contributed by atoms with Crippen LogP contribution in [0.1, 0.15) is 55.5 Å². The zero-order valence-electron chi connectivity index (χ0n) is 22.9. The Hall–Kier alpha value is -2.62. The minimum Gasteiger partial charge on any atom is -0.493 e. The fourth-order valence-corrected chi connectivity index (χ4v) is 6.95. The summed E-state index contributed by atoms with van der Waals surface area (Å²) >= 11 is 12.2. The number of carbonyl (C=O) groups excluding carboxylic acids is 1. The third kappa shape index (κ3) is 7.98. The fourth-order valence-electron chi connectivity index (χ4n) is 4.97. The van der Waals surface area contributed by atoms with Crippen LogP contribution in [0, 0.1) is 5.92 Å². The smallest absolute Gasteiger partial charge is 0.242 e. The maximum absolute atomic E-state index is 13.3. The second-order valence-electron chi connectivity index (χ2n) is 10.6. The van der Waals surface area contributed by atoms with Crippen LogP contribution in [-0.2, 0) is 21.4 Å². The topological polar surface area (TPSA) is 87.7 Å². The highest BCUT2D eigenvalue weighted by Gasteiger charge is 2.28. The number of nitrogens with one attached hydrogen (secondary N) is 2. The number of benzene rings is 3. The van der Waals surface area contributed by atoms with Crippen molar-refractivity contribution in [3.8, 4) is 5.75 Å². The molecule has 2 atom stereocenters. The third-order valence-corrected chi connectivity index (χ3v) is 8.84. The summed E-state index contributed by atoms with van der Waals surface area (Å²) < 4.78 is 35.2. The van der Waals surface area contributed by atoms with E-state index in [0.717, 1.165) is 30.0 Å². The van der Waals surface area contributed by atoms with Gasteiger partial charge in [0.05, 0.1) is 23.7 Å². The Morgan fingerprint density at radius 1 is 1.07 bits per heavy atom. The van der Waals surface area contributed by atoms with Crippen molar-refractivity contribution in [2.75, 3.05) is 20.2 Å². The van der Waals surface area contributed by atoms with Crippen LogP contribution in [0.15, 0.2) is 71.6 Å². The predicted molar refractivity (Wildman–Crippen MR) is 159 cm³/mol. The molecular weight excluding hydrogens is 569 g/mol. The number of hydrogen-bond acceptors (Lipinski definition) is 5. The fraction of sp³-hybridized carbons (Fsp3) is 0.367. The van der Waals surface area contributed by atoms with Crippen LogP contribution in [0.3, 0.4) is 0 Å². The van der Waals surface area contributed by atoms with E-state index in [4.69, 9.17) is 27.9 Å². The molecule has 0 saturated carbocycles. The summed E-state index contributed by atoms with van der Waals surface area (Å²) in [5, 5.41) is 3.38. The van der Waals surface area contributed by atoms with Gasteiger partial charge in [0.2, 0.25) is 15.9 Å². The van der Waals surface area contributed by atoms with E-state index in [2.05, 4.69) is 41.9 Å². The molecule has 0 radical (unpaired) electrons. The van der Waals surface area contributed by atoms with E-state index in [0.29, 0.717) is 24.5 Å². The molecule has 1 heterocycles. The van der Waals surface area contributed by atoms with Crippen molar-refractivity contribution in [2.24, 2.45) is 5.92 Å². The average molecular weight is 605 g/mol. The molecule has 4 rings (SSSR count). The Bertz CT molecular complexity index is 1430. The van der Waals surface area contributed by atoms with E-state index in [9.17, 15) is 13.2 Å². The van der Waals surface area contributed by atoms with Crippen LogP contribution in [0.5, 0.6) is 5.75 Å². The lowest BCUT2D eigenvalue weighted by Gasteiger charge is -2.28. The van der Waals surface area contributed by atoms with Crippen molar-refractivity contribution in [1.82, 2.24) is 14.9 Å². The second kappa shape index (κ2) is 13.4. The van der Waals surface area contributed by atoms with E-state index in [-0.39, 0.29) is 33.3 Å². The molecule has 0 spiro atoms. The maximum atomic E-state index is 13.3. The van der Waals surface area contributed by atoms with Gasteiger partial charge in [-0.25, -0.2) is 13.1 Å². The van der Waals surface area contributed by atoms with Crippen molar-refractivity contribution >= 4 is 39.1 Å². The van der Waals surface area contributed by atoms with Gasteiger partial charge in [-0.05, 0) is 48.4 Å². The lowest BCUT2D eigenvalue weighted by atomic mass is 9.97. The summed E-state index contributed by atoms with van der Waals surface area (Å²) in [7, 11) is -1.98. The third-order valence-electron chi connectivity index (χ3n) is 6.65. The molecule has 7 nitrogen and oxygen atoms in total. The predicted octanol–water partition coefficient (Wildman–Crippen LogP) is 6.13. The average Bonchev–Trinajstić information content (AvgIpc) is 2.89. The molecule has 10 heteroatoms. The molecule has 3 aromatic rings. The number of sulfonamides is 1. The van der Waals surface area contributed by atoms with Crippen LogP contribution in [0.4, 0.5) is 0 Å². The molecule has 0 bridgehead atoms. The molecule has 0 saturated heterocycles. The van der Waals surface area contributed by atoms with Gasteiger partial charge in [-0.3, -0.25) is 4.79 Å². The molecular formula is C30H35Cl2N3O4S. The van der Waals surface area contributed by atoms with Gasteiger partial charge >= 0.3 is 0 Å². The Morgan fingerprint density at radius 2 is 1.82 bits per heavy atom. The number of halogens is 2. The van der Waals surface area contributed by atoms with Crippen LogP contribution < -0.4 is 14.8 Å². The minimum atomic E-state index is -4.08. The lowest BCUT2D eigenvalue weighted by molar-refractivity contribution is -0.122. The molecule has 0 aromatic heterocycles. The first kappa shape index (κ1) is 30.3. The van der Waals surface area contributed by atoms with Crippen LogP contribution >= 0.6 is 23.2 Å². The summed E-state index contributed by atoms with van der Waals surface area (Å²) in [6, 6.07) is 18.3. The van der Waals surface area contributed by atoms with Gasteiger partial charge in [-0.1, -0.05) is 79.5 Å². The van der Waals surface area contributed by atoms with Crippen molar-refractivity contribution in [3.63, 3.8) is 0 Å². The highest BCUT2D eigenvalue weighted by molar-refractivity contribution is 7.89.